The largest absolute Gasteiger partial charge is 0.490 e. The summed E-state index contributed by atoms with van der Waals surface area (Å²) in [4.78, 5) is 20.6. The van der Waals surface area contributed by atoms with Crippen molar-refractivity contribution < 1.29 is 23.1 Å². The summed E-state index contributed by atoms with van der Waals surface area (Å²) in [5, 5.41) is 21.4. The second-order valence-corrected chi connectivity index (χ2v) is 6.39. The fourth-order valence-corrected chi connectivity index (χ4v) is 2.86. The Morgan fingerprint density at radius 3 is 2.68 bits per heavy atom. The maximum absolute atomic E-state index is 10.6. The number of halogens is 3. The summed E-state index contributed by atoms with van der Waals surface area (Å²) in [5.74, 6) is -2.76. The van der Waals surface area contributed by atoms with Gasteiger partial charge in [0.1, 0.15) is 12.0 Å². The van der Waals surface area contributed by atoms with Gasteiger partial charge in [-0.2, -0.15) is 23.5 Å². The molecule has 3 aromatic heterocycles. The van der Waals surface area contributed by atoms with Gasteiger partial charge in [0.25, 0.3) is 0 Å². The molecule has 0 unspecified atom stereocenters. The predicted octanol–water partition coefficient (Wildman–Crippen LogP) is 3.82. The molecule has 0 aliphatic carbocycles. The number of H-pyrrole nitrogens is 1. The third-order valence-electron chi connectivity index (χ3n) is 4.24. The number of aryl methyl sites for hydroxylation is 1. The minimum atomic E-state index is -5.08. The van der Waals surface area contributed by atoms with Crippen LogP contribution in [0.25, 0.3) is 28.0 Å². The van der Waals surface area contributed by atoms with Crippen LogP contribution in [0, 0.1) is 18.3 Å². The Kier molecular flexibility index (Phi) is 6.01. The van der Waals surface area contributed by atoms with Crippen LogP contribution in [0.15, 0.2) is 49.2 Å². The highest BCUT2D eigenvalue weighted by molar-refractivity contribution is 5.90. The van der Waals surface area contributed by atoms with E-state index in [2.05, 4.69) is 26.1 Å². The zero-order chi connectivity index (χ0) is 22.6. The number of hydrogen-bond acceptors (Lipinski definition) is 5. The minimum absolute atomic E-state index is 0.415. The van der Waals surface area contributed by atoms with Gasteiger partial charge in [0, 0.05) is 23.3 Å². The van der Waals surface area contributed by atoms with E-state index in [4.69, 9.17) is 15.2 Å². The lowest BCUT2D eigenvalue weighted by Crippen LogP contribution is -2.21. The molecule has 4 rings (SSSR count). The maximum atomic E-state index is 10.6. The third kappa shape index (κ3) is 4.87. The average molecular weight is 428 g/mol. The molecule has 0 amide bonds. The zero-order valence-electron chi connectivity index (χ0n) is 16.1. The zero-order valence-corrected chi connectivity index (χ0v) is 16.1. The lowest BCUT2D eigenvalue weighted by molar-refractivity contribution is -0.192. The minimum Gasteiger partial charge on any atom is -0.475 e. The number of carboxylic acids is 1. The Morgan fingerprint density at radius 1 is 1.29 bits per heavy atom. The number of nitrogens with zero attached hydrogens (tertiary/aromatic N) is 5. The molecule has 11 heteroatoms. The van der Waals surface area contributed by atoms with Gasteiger partial charge in [0.05, 0.1) is 30.1 Å². The number of carbonyl (C=O) groups is 1. The Balaban J connectivity index is 0.000000339. The van der Waals surface area contributed by atoms with Crippen LogP contribution in [-0.2, 0) is 11.2 Å². The lowest BCUT2D eigenvalue weighted by atomic mass is 10.1. The van der Waals surface area contributed by atoms with Gasteiger partial charge in [-0.05, 0) is 30.2 Å². The van der Waals surface area contributed by atoms with Crippen LogP contribution in [0.2, 0.25) is 0 Å². The molecule has 0 aliphatic heterocycles. The number of nitrogens with one attached hydrogen (secondary N) is 1. The summed E-state index contributed by atoms with van der Waals surface area (Å²) in [6.45, 7) is 2.02. The van der Waals surface area contributed by atoms with Crippen LogP contribution in [0.4, 0.5) is 13.2 Å². The fourth-order valence-electron chi connectivity index (χ4n) is 2.86. The highest BCUT2D eigenvalue weighted by Gasteiger charge is 2.38. The number of aromatic nitrogens is 5. The summed E-state index contributed by atoms with van der Waals surface area (Å²) in [6.07, 6.45) is 2.50. The molecule has 0 saturated heterocycles. The summed E-state index contributed by atoms with van der Waals surface area (Å²) < 4.78 is 33.6. The van der Waals surface area contributed by atoms with Gasteiger partial charge < -0.3 is 10.1 Å². The van der Waals surface area contributed by atoms with Crippen molar-refractivity contribution in [2.45, 2.75) is 19.5 Å². The van der Waals surface area contributed by atoms with E-state index in [1.807, 2.05) is 48.3 Å². The van der Waals surface area contributed by atoms with Gasteiger partial charge in [-0.25, -0.2) is 19.4 Å². The Morgan fingerprint density at radius 2 is 2.03 bits per heavy atom. The molecule has 158 valence electrons. The molecule has 0 bridgehead atoms. The molecule has 1 aromatic carbocycles. The van der Waals surface area contributed by atoms with Gasteiger partial charge in [-0.3, -0.25) is 0 Å². The van der Waals surface area contributed by atoms with Crippen LogP contribution >= 0.6 is 0 Å². The molecule has 4 aromatic rings. The predicted molar refractivity (Wildman–Crippen MR) is 104 cm³/mol. The Labute approximate surface area is 173 Å². The van der Waals surface area contributed by atoms with E-state index in [0.717, 1.165) is 39.1 Å². The molecule has 0 saturated carbocycles. The molecule has 3 heterocycles. The maximum Gasteiger partial charge on any atom is 0.490 e. The van der Waals surface area contributed by atoms with Crippen LogP contribution < -0.4 is 0 Å². The molecule has 0 fully saturated rings. The highest BCUT2D eigenvalue weighted by atomic mass is 19.4. The van der Waals surface area contributed by atoms with E-state index in [1.54, 1.807) is 12.5 Å². The van der Waals surface area contributed by atoms with Crippen molar-refractivity contribution in [2.75, 3.05) is 0 Å². The quantitative estimate of drug-likeness (QED) is 0.512. The third-order valence-corrected chi connectivity index (χ3v) is 4.24. The van der Waals surface area contributed by atoms with Gasteiger partial charge in [0.2, 0.25) is 0 Å². The smallest absolute Gasteiger partial charge is 0.475 e. The number of hydrogen-bond donors (Lipinski definition) is 2. The number of benzene rings is 1. The van der Waals surface area contributed by atoms with E-state index in [9.17, 15) is 13.2 Å². The van der Waals surface area contributed by atoms with Crippen molar-refractivity contribution in [3.8, 4) is 23.0 Å². The molecular weight excluding hydrogens is 413 g/mol. The molecule has 0 spiro atoms. The first-order valence-corrected chi connectivity index (χ1v) is 8.81. The van der Waals surface area contributed by atoms with Gasteiger partial charge in [0.15, 0.2) is 0 Å². The van der Waals surface area contributed by atoms with Crippen molar-refractivity contribution in [3.63, 3.8) is 0 Å². The average Bonchev–Trinajstić information content (AvgIpc) is 3.37. The van der Waals surface area contributed by atoms with Crippen molar-refractivity contribution in [1.29, 1.82) is 5.26 Å². The summed E-state index contributed by atoms with van der Waals surface area (Å²) >= 11 is 0. The van der Waals surface area contributed by atoms with Crippen LogP contribution in [0.3, 0.4) is 0 Å². The summed E-state index contributed by atoms with van der Waals surface area (Å²) in [5.41, 5.74) is 5.67. The monoisotopic (exact) mass is 428 g/mol. The molecule has 0 aliphatic rings. The normalized spacial score (nSPS) is 10.9. The van der Waals surface area contributed by atoms with E-state index >= 15 is 0 Å². The van der Waals surface area contributed by atoms with E-state index in [0.29, 0.717) is 6.42 Å². The number of aliphatic carboxylic acids is 1. The summed E-state index contributed by atoms with van der Waals surface area (Å²) in [6, 6.07) is 10.1. The summed E-state index contributed by atoms with van der Waals surface area (Å²) in [7, 11) is 0. The fraction of sp³-hybridized carbons (Fsp3) is 0.150. The number of rotatable bonds is 3. The van der Waals surface area contributed by atoms with Gasteiger partial charge in [-0.1, -0.05) is 12.1 Å². The van der Waals surface area contributed by atoms with Crippen LogP contribution in [0.5, 0.6) is 0 Å². The second kappa shape index (κ2) is 8.66. The second-order valence-electron chi connectivity index (χ2n) is 6.39. The highest BCUT2D eigenvalue weighted by Crippen LogP contribution is 2.25. The van der Waals surface area contributed by atoms with Crippen molar-refractivity contribution in [1.82, 2.24) is 24.7 Å². The lowest BCUT2D eigenvalue weighted by Gasteiger charge is -2.07. The first kappa shape index (κ1) is 21.5. The molecule has 31 heavy (non-hydrogen) atoms. The number of alkyl halides is 3. The van der Waals surface area contributed by atoms with Gasteiger partial charge >= 0.3 is 12.1 Å². The number of fused-ring (bicyclic) bond motifs is 1. The van der Waals surface area contributed by atoms with Crippen molar-refractivity contribution >= 4 is 17.0 Å². The molecular formula is C20H15F3N6O2. The topological polar surface area (TPSA) is 120 Å². The standard InChI is InChI=1S/C18H14N6.C2HF3O2/c1-12-8-13(4-6-19)2-3-16(12)24-10-14(9-23-24)17-15-5-7-20-18(15)22-11-21-17;3-2(4,5)1(6)7/h2-3,5,7-11H,4H2,1H3,(H,20,21,22);(H,6,7). The molecule has 2 N–H and O–H groups in total. The van der Waals surface area contributed by atoms with Crippen LogP contribution in [-0.4, -0.2) is 42.0 Å². The van der Waals surface area contributed by atoms with Crippen molar-refractivity contribution in [2.24, 2.45) is 0 Å². The molecule has 0 radical (unpaired) electrons. The van der Waals surface area contributed by atoms with E-state index < -0.39 is 12.1 Å². The van der Waals surface area contributed by atoms with E-state index in [1.165, 1.54) is 0 Å². The Hall–Kier alpha value is -4.20. The van der Waals surface area contributed by atoms with E-state index in [-0.39, 0.29) is 0 Å². The van der Waals surface area contributed by atoms with Crippen LogP contribution in [0.1, 0.15) is 11.1 Å². The SMILES string of the molecule is Cc1cc(CC#N)ccc1-n1cc(-c2ncnc3[nH]ccc23)cn1.O=C(O)C(F)(F)F. The first-order valence-electron chi connectivity index (χ1n) is 8.81. The van der Waals surface area contributed by atoms with Crippen molar-refractivity contribution in [3.05, 3.63) is 60.3 Å². The number of aromatic amines is 1. The first-order chi connectivity index (χ1) is 14.7. The van der Waals surface area contributed by atoms with Gasteiger partial charge in [-0.15, -0.1) is 0 Å². The number of carboxylic acid groups (broad SMARTS) is 1. The number of nitriles is 1. The Bertz CT molecular complexity index is 1270. The molecule has 8 nitrogen and oxygen atoms in total. The molecule has 0 atom stereocenters.